The fourth-order valence-corrected chi connectivity index (χ4v) is 5.69. The second-order valence-corrected chi connectivity index (χ2v) is 9.19. The highest BCUT2D eigenvalue weighted by Gasteiger charge is 2.21. The Morgan fingerprint density at radius 1 is 1.19 bits per heavy atom. The number of carbonyl (C=O) groups is 1. The first kappa shape index (κ1) is 21.5. The van der Waals surface area contributed by atoms with Crippen molar-refractivity contribution in [2.75, 3.05) is 12.0 Å². The lowest BCUT2D eigenvalue weighted by molar-refractivity contribution is -0.115. The Morgan fingerprint density at radius 2 is 2.03 bits per heavy atom. The first-order chi connectivity index (χ1) is 15.1. The summed E-state index contributed by atoms with van der Waals surface area (Å²) >= 11 is 4.67. The molecule has 0 atom stereocenters. The van der Waals surface area contributed by atoms with Gasteiger partial charge in [-0.15, -0.1) is 32.9 Å². The predicted molar refractivity (Wildman–Crippen MR) is 126 cm³/mol. The molecule has 1 aromatic carbocycles. The number of nitrogens with zero attached hydrogens (tertiary/aromatic N) is 5. The van der Waals surface area contributed by atoms with Crippen molar-refractivity contribution in [2.24, 2.45) is 0 Å². The number of thiazole rings is 1. The molecule has 0 bridgehead atoms. The number of hydrogen-bond acceptors (Lipinski definition) is 8. The zero-order valence-corrected chi connectivity index (χ0v) is 19.8. The Kier molecular flexibility index (Phi) is 6.69. The number of rotatable bonds is 8. The Hall–Kier alpha value is -2.69. The maximum absolute atomic E-state index is 12.4. The average Bonchev–Trinajstić information content (AvgIpc) is 3.53. The van der Waals surface area contributed by atoms with Crippen molar-refractivity contribution >= 4 is 51.2 Å². The van der Waals surface area contributed by atoms with Crippen LogP contribution < -0.4 is 9.64 Å². The average molecular weight is 472 g/mol. The number of anilines is 2. The van der Waals surface area contributed by atoms with Crippen molar-refractivity contribution in [1.29, 1.82) is 0 Å². The summed E-state index contributed by atoms with van der Waals surface area (Å²) in [7, 11) is 1.59. The zero-order chi connectivity index (χ0) is 21.8. The summed E-state index contributed by atoms with van der Waals surface area (Å²) < 4.78 is 7.54. The van der Waals surface area contributed by atoms with Crippen LogP contribution in [0.3, 0.4) is 0 Å². The summed E-state index contributed by atoms with van der Waals surface area (Å²) in [5, 5.41) is 14.2. The van der Waals surface area contributed by atoms with E-state index < -0.39 is 0 Å². The number of carbonyl (C=O) groups excluding carboxylic acids is 1. The van der Waals surface area contributed by atoms with Gasteiger partial charge in [-0.1, -0.05) is 30.0 Å². The molecule has 4 aromatic rings. The number of hydrogen-bond donors (Lipinski definition) is 0. The van der Waals surface area contributed by atoms with Crippen LogP contribution in [-0.2, 0) is 17.1 Å². The standard InChI is InChI=1S/C21H21N5O2S3/c1-4-25-19(18-10-7-11-29-18)23-24-21(25)31-13-15-12-30-20(22-15)26(14(2)27)16-8-5-6-9-17(16)28-3/h5-12H,4,13H2,1-3H3. The lowest BCUT2D eigenvalue weighted by Gasteiger charge is -2.20. The van der Waals surface area contributed by atoms with Gasteiger partial charge in [-0.2, -0.15) is 0 Å². The molecule has 160 valence electrons. The van der Waals surface area contributed by atoms with Crippen LogP contribution in [0.2, 0.25) is 0 Å². The summed E-state index contributed by atoms with van der Waals surface area (Å²) in [6.07, 6.45) is 0. The fraction of sp³-hybridized carbons (Fsp3) is 0.238. The third-order valence-corrected chi connectivity index (χ3v) is 7.24. The number of amides is 1. The van der Waals surface area contributed by atoms with Crippen molar-refractivity contribution in [1.82, 2.24) is 19.7 Å². The topological polar surface area (TPSA) is 73.1 Å². The van der Waals surface area contributed by atoms with Gasteiger partial charge in [-0.25, -0.2) is 4.98 Å². The molecular formula is C21H21N5O2S3. The summed E-state index contributed by atoms with van der Waals surface area (Å²) in [5.74, 6) is 2.03. The highest BCUT2D eigenvalue weighted by molar-refractivity contribution is 7.98. The van der Waals surface area contributed by atoms with Crippen LogP contribution in [0, 0.1) is 0 Å². The van der Waals surface area contributed by atoms with Gasteiger partial charge in [0.15, 0.2) is 16.1 Å². The smallest absolute Gasteiger partial charge is 0.230 e. The highest BCUT2D eigenvalue weighted by atomic mass is 32.2. The molecule has 0 spiro atoms. The van der Waals surface area contributed by atoms with Gasteiger partial charge in [-0.05, 0) is 30.5 Å². The Bertz CT molecular complexity index is 1170. The second kappa shape index (κ2) is 9.63. The van der Waals surface area contributed by atoms with Crippen LogP contribution in [0.5, 0.6) is 5.75 Å². The molecule has 0 aliphatic carbocycles. The van der Waals surface area contributed by atoms with Crippen LogP contribution in [0.1, 0.15) is 19.5 Å². The van der Waals surface area contributed by atoms with Crippen LogP contribution in [0.25, 0.3) is 10.7 Å². The minimum absolute atomic E-state index is 0.121. The van der Waals surface area contributed by atoms with E-state index in [4.69, 9.17) is 9.72 Å². The molecular weight excluding hydrogens is 450 g/mol. The molecule has 4 rings (SSSR count). The monoisotopic (exact) mass is 471 g/mol. The molecule has 3 heterocycles. The van der Waals surface area contributed by atoms with Crippen LogP contribution in [0.15, 0.2) is 52.3 Å². The van der Waals surface area contributed by atoms with Gasteiger partial charge in [0, 0.05) is 24.6 Å². The molecule has 3 aromatic heterocycles. The van der Waals surface area contributed by atoms with Gasteiger partial charge in [0.05, 0.1) is 23.4 Å². The third kappa shape index (κ3) is 4.51. The molecule has 0 unspecified atom stereocenters. The van der Waals surface area contributed by atoms with Gasteiger partial charge in [0.1, 0.15) is 5.75 Å². The van der Waals surface area contributed by atoms with Crippen LogP contribution in [-0.4, -0.2) is 32.8 Å². The van der Waals surface area contributed by atoms with Crippen LogP contribution >= 0.6 is 34.4 Å². The van der Waals surface area contributed by atoms with E-state index >= 15 is 0 Å². The number of benzene rings is 1. The normalized spacial score (nSPS) is 10.9. The summed E-state index contributed by atoms with van der Waals surface area (Å²) in [6.45, 7) is 4.40. The van der Waals surface area contributed by atoms with Gasteiger partial charge in [0.2, 0.25) is 5.91 Å². The van der Waals surface area contributed by atoms with E-state index in [1.54, 1.807) is 35.1 Å². The van der Waals surface area contributed by atoms with E-state index in [0.29, 0.717) is 22.3 Å². The van der Waals surface area contributed by atoms with E-state index in [0.717, 1.165) is 28.1 Å². The summed E-state index contributed by atoms with van der Waals surface area (Å²) in [5.41, 5.74) is 1.56. The molecule has 0 fully saturated rings. The summed E-state index contributed by atoms with van der Waals surface area (Å²) in [4.78, 5) is 19.8. The number of thiophene rings is 1. The fourth-order valence-electron chi connectivity index (χ4n) is 3.09. The first-order valence-electron chi connectivity index (χ1n) is 9.60. The Balaban J connectivity index is 1.54. The maximum Gasteiger partial charge on any atom is 0.230 e. The number of methoxy groups -OCH3 is 1. The van der Waals surface area contributed by atoms with Crippen molar-refractivity contribution in [3.05, 3.63) is 52.9 Å². The lowest BCUT2D eigenvalue weighted by atomic mass is 10.2. The molecule has 0 saturated heterocycles. The van der Waals surface area contributed by atoms with E-state index in [2.05, 4.69) is 27.8 Å². The zero-order valence-electron chi connectivity index (χ0n) is 17.3. The molecule has 0 radical (unpaired) electrons. The van der Waals surface area contributed by atoms with Crippen molar-refractivity contribution < 1.29 is 9.53 Å². The summed E-state index contributed by atoms with van der Waals surface area (Å²) in [6, 6.07) is 11.5. The predicted octanol–water partition coefficient (Wildman–Crippen LogP) is 5.47. The van der Waals surface area contributed by atoms with Gasteiger partial charge < -0.3 is 9.30 Å². The number of thioether (sulfide) groups is 1. The SMILES string of the molecule is CCn1c(SCc2csc(N(C(C)=O)c3ccccc3OC)n2)nnc1-c1cccs1. The number of para-hydroxylation sites is 2. The number of ether oxygens (including phenoxy) is 1. The van der Waals surface area contributed by atoms with Gasteiger partial charge in [0.25, 0.3) is 0 Å². The largest absolute Gasteiger partial charge is 0.495 e. The quantitative estimate of drug-likeness (QED) is 0.317. The molecule has 1 amide bonds. The van der Waals surface area contributed by atoms with Crippen molar-refractivity contribution in [3.8, 4) is 16.5 Å². The van der Waals surface area contributed by atoms with Gasteiger partial charge in [-0.3, -0.25) is 9.69 Å². The molecule has 0 aliphatic rings. The Labute approximate surface area is 192 Å². The minimum Gasteiger partial charge on any atom is -0.495 e. The molecule has 0 N–H and O–H groups in total. The van der Waals surface area contributed by atoms with E-state index in [1.807, 2.05) is 41.1 Å². The molecule has 0 aliphatic heterocycles. The van der Waals surface area contributed by atoms with E-state index in [9.17, 15) is 4.79 Å². The number of aromatic nitrogens is 4. The molecule has 7 nitrogen and oxygen atoms in total. The molecule has 0 saturated carbocycles. The third-order valence-electron chi connectivity index (χ3n) is 4.50. The highest BCUT2D eigenvalue weighted by Crippen LogP contribution is 2.36. The van der Waals surface area contributed by atoms with Crippen molar-refractivity contribution in [3.63, 3.8) is 0 Å². The molecule has 10 heteroatoms. The second-order valence-electron chi connectivity index (χ2n) is 6.46. The van der Waals surface area contributed by atoms with E-state index in [-0.39, 0.29) is 5.91 Å². The van der Waals surface area contributed by atoms with E-state index in [1.165, 1.54) is 18.3 Å². The minimum atomic E-state index is -0.121. The van der Waals surface area contributed by atoms with Crippen LogP contribution in [0.4, 0.5) is 10.8 Å². The first-order valence-corrected chi connectivity index (χ1v) is 12.3. The maximum atomic E-state index is 12.4. The van der Waals surface area contributed by atoms with Gasteiger partial charge >= 0.3 is 0 Å². The Morgan fingerprint density at radius 3 is 2.74 bits per heavy atom. The van der Waals surface area contributed by atoms with Crippen molar-refractivity contribution in [2.45, 2.75) is 31.3 Å². The molecule has 31 heavy (non-hydrogen) atoms. The lowest BCUT2D eigenvalue weighted by Crippen LogP contribution is -2.23.